The number of hydrogen-bond donors (Lipinski definition) is 2. The summed E-state index contributed by atoms with van der Waals surface area (Å²) in [5.74, 6) is 6.06. The largest absolute Gasteiger partial charge is 0.395 e. The Bertz CT molecular complexity index is 788. The minimum absolute atomic E-state index is 0.0249. The fraction of sp³-hybridized carbons (Fsp3) is 0.231. The molecule has 8 heteroatoms. The second-order valence-corrected chi connectivity index (χ2v) is 6.49. The fourth-order valence-corrected chi connectivity index (χ4v) is 3.32. The number of hydrogen-bond acceptors (Lipinski definition) is 6. The summed E-state index contributed by atoms with van der Waals surface area (Å²) in [4.78, 5) is 4.07. The molecule has 0 saturated carbocycles. The number of nitrogens with one attached hydrogen (secondary N) is 1. The van der Waals surface area contributed by atoms with Crippen LogP contribution in [0, 0.1) is 18.8 Å². The van der Waals surface area contributed by atoms with E-state index < -0.39 is 10.0 Å². The Balaban J connectivity index is 2.24. The maximum absolute atomic E-state index is 12.2. The molecule has 2 aromatic rings. The van der Waals surface area contributed by atoms with E-state index in [1.165, 1.54) is 12.1 Å². The van der Waals surface area contributed by atoms with E-state index in [4.69, 9.17) is 5.11 Å². The molecule has 2 N–H and O–H groups in total. The quantitative estimate of drug-likeness (QED) is 0.829. The van der Waals surface area contributed by atoms with E-state index in [0.717, 1.165) is 11.5 Å². The van der Waals surface area contributed by atoms with E-state index in [0.29, 0.717) is 17.8 Å². The van der Waals surface area contributed by atoms with Crippen molar-refractivity contribution in [3.8, 4) is 11.8 Å². The SMILES string of the molecule is Cc1nsc(NS(=O)(=O)c2cccc(C#CCCO)c2)n1. The first-order valence-electron chi connectivity index (χ1n) is 6.04. The van der Waals surface area contributed by atoms with Crippen LogP contribution < -0.4 is 4.72 Å². The fourth-order valence-electron chi connectivity index (χ4n) is 1.47. The van der Waals surface area contributed by atoms with Crippen molar-refractivity contribution in [1.29, 1.82) is 0 Å². The van der Waals surface area contributed by atoms with Crippen LogP contribution in [0.15, 0.2) is 29.2 Å². The Morgan fingerprint density at radius 3 is 2.90 bits per heavy atom. The Kier molecular flexibility index (Phi) is 4.90. The number of rotatable bonds is 4. The van der Waals surface area contributed by atoms with Crippen molar-refractivity contribution in [2.45, 2.75) is 18.2 Å². The first-order valence-corrected chi connectivity index (χ1v) is 8.30. The topological polar surface area (TPSA) is 92.2 Å². The molecule has 2 rings (SSSR count). The molecule has 0 aliphatic rings. The van der Waals surface area contributed by atoms with E-state index in [2.05, 4.69) is 25.9 Å². The first kappa shape index (κ1) is 15.4. The Labute approximate surface area is 127 Å². The molecule has 6 nitrogen and oxygen atoms in total. The number of aryl methyl sites for hydroxylation is 1. The minimum Gasteiger partial charge on any atom is -0.395 e. The predicted octanol–water partition coefficient (Wildman–Crippen LogP) is 1.38. The number of sulfonamides is 1. The molecular weight excluding hydrogens is 310 g/mol. The van der Waals surface area contributed by atoms with Gasteiger partial charge in [-0.1, -0.05) is 17.9 Å². The van der Waals surface area contributed by atoms with Gasteiger partial charge in [0, 0.05) is 23.5 Å². The van der Waals surface area contributed by atoms with Crippen molar-refractivity contribution in [3.05, 3.63) is 35.7 Å². The van der Waals surface area contributed by atoms with Gasteiger partial charge < -0.3 is 5.11 Å². The van der Waals surface area contributed by atoms with Gasteiger partial charge in [-0.05, 0) is 25.1 Å². The Morgan fingerprint density at radius 1 is 1.43 bits per heavy atom. The first-order chi connectivity index (χ1) is 10.0. The van der Waals surface area contributed by atoms with Crippen LogP contribution in [0.4, 0.5) is 5.13 Å². The summed E-state index contributed by atoms with van der Waals surface area (Å²) >= 11 is 0.985. The number of aromatic nitrogens is 2. The molecule has 1 aromatic heterocycles. The molecule has 0 atom stereocenters. The van der Waals surface area contributed by atoms with Gasteiger partial charge in [-0.3, -0.25) is 4.72 Å². The number of aliphatic hydroxyl groups excluding tert-OH is 1. The molecule has 110 valence electrons. The molecule has 0 radical (unpaired) electrons. The lowest BCUT2D eigenvalue weighted by Crippen LogP contribution is -2.12. The van der Waals surface area contributed by atoms with Gasteiger partial charge in [0.1, 0.15) is 5.82 Å². The number of anilines is 1. The zero-order valence-corrected chi connectivity index (χ0v) is 12.8. The summed E-state index contributed by atoms with van der Waals surface area (Å²) in [6, 6.07) is 6.27. The number of nitrogens with zero attached hydrogens (tertiary/aromatic N) is 2. The molecule has 0 aliphatic heterocycles. The standard InChI is InChI=1S/C13H13N3O3S2/c1-10-14-13(20-15-10)16-21(18,19)12-7-4-6-11(9-12)5-2-3-8-17/h4,6-7,9,17H,3,8H2,1H3,(H,14,15,16). The molecule has 0 fully saturated rings. The summed E-state index contributed by atoms with van der Waals surface area (Å²) in [6.45, 7) is 1.66. The summed E-state index contributed by atoms with van der Waals surface area (Å²) < 4.78 is 30.8. The van der Waals surface area contributed by atoms with Crippen molar-refractivity contribution >= 4 is 26.7 Å². The lowest BCUT2D eigenvalue weighted by atomic mass is 10.2. The average molecular weight is 323 g/mol. The van der Waals surface area contributed by atoms with Gasteiger partial charge in [0.05, 0.1) is 11.5 Å². The molecule has 0 spiro atoms. The van der Waals surface area contributed by atoms with Crippen LogP contribution >= 0.6 is 11.5 Å². The van der Waals surface area contributed by atoms with E-state index in [1.54, 1.807) is 19.1 Å². The Morgan fingerprint density at radius 2 is 2.24 bits per heavy atom. The third-order valence-corrected chi connectivity index (χ3v) is 4.55. The van der Waals surface area contributed by atoms with Gasteiger partial charge in [0.2, 0.25) is 5.13 Å². The zero-order chi connectivity index (χ0) is 15.3. The van der Waals surface area contributed by atoms with Crippen molar-refractivity contribution in [1.82, 2.24) is 9.36 Å². The smallest absolute Gasteiger partial charge is 0.263 e. The zero-order valence-electron chi connectivity index (χ0n) is 11.2. The molecule has 0 aliphatic carbocycles. The molecule has 21 heavy (non-hydrogen) atoms. The van der Waals surface area contributed by atoms with Crippen LogP contribution in [-0.4, -0.2) is 29.5 Å². The summed E-state index contributed by atoms with van der Waals surface area (Å²) in [5.41, 5.74) is 0.569. The molecular formula is C13H13N3O3S2. The van der Waals surface area contributed by atoms with E-state index in [9.17, 15) is 8.42 Å². The summed E-state index contributed by atoms with van der Waals surface area (Å²) in [6.07, 6.45) is 0.347. The van der Waals surface area contributed by atoms with Gasteiger partial charge in [-0.2, -0.15) is 4.37 Å². The number of aliphatic hydroxyl groups is 1. The highest BCUT2D eigenvalue weighted by molar-refractivity contribution is 7.93. The normalized spacial score (nSPS) is 10.8. The van der Waals surface area contributed by atoms with Gasteiger partial charge in [0.15, 0.2) is 0 Å². The van der Waals surface area contributed by atoms with Crippen LogP contribution in [0.1, 0.15) is 17.8 Å². The molecule has 1 heterocycles. The van der Waals surface area contributed by atoms with Crippen molar-refractivity contribution in [3.63, 3.8) is 0 Å². The highest BCUT2D eigenvalue weighted by Gasteiger charge is 2.16. The van der Waals surface area contributed by atoms with Gasteiger partial charge in [0.25, 0.3) is 10.0 Å². The maximum Gasteiger partial charge on any atom is 0.263 e. The monoisotopic (exact) mass is 323 g/mol. The molecule has 0 bridgehead atoms. The lowest BCUT2D eigenvalue weighted by Gasteiger charge is -2.04. The van der Waals surface area contributed by atoms with Gasteiger partial charge in [-0.25, -0.2) is 13.4 Å². The van der Waals surface area contributed by atoms with Crippen LogP contribution in [-0.2, 0) is 10.0 Å². The minimum atomic E-state index is -3.71. The van der Waals surface area contributed by atoms with E-state index in [-0.39, 0.29) is 16.6 Å². The second-order valence-electron chi connectivity index (χ2n) is 4.06. The number of benzene rings is 1. The lowest BCUT2D eigenvalue weighted by molar-refractivity contribution is 0.305. The van der Waals surface area contributed by atoms with Crippen molar-refractivity contribution in [2.75, 3.05) is 11.3 Å². The summed E-state index contributed by atoms with van der Waals surface area (Å²) in [5, 5.41) is 8.90. The summed E-state index contributed by atoms with van der Waals surface area (Å²) in [7, 11) is -3.71. The third-order valence-electron chi connectivity index (χ3n) is 2.36. The van der Waals surface area contributed by atoms with Crippen LogP contribution in [0.5, 0.6) is 0 Å². The highest BCUT2D eigenvalue weighted by atomic mass is 32.2. The maximum atomic E-state index is 12.2. The molecule has 1 aromatic carbocycles. The van der Waals surface area contributed by atoms with Crippen molar-refractivity contribution < 1.29 is 13.5 Å². The highest BCUT2D eigenvalue weighted by Crippen LogP contribution is 2.18. The third kappa shape index (κ3) is 4.26. The molecule has 0 amide bonds. The van der Waals surface area contributed by atoms with E-state index in [1.807, 2.05) is 0 Å². The average Bonchev–Trinajstić information content (AvgIpc) is 2.84. The van der Waals surface area contributed by atoms with Crippen LogP contribution in [0.3, 0.4) is 0 Å². The van der Waals surface area contributed by atoms with E-state index >= 15 is 0 Å². The van der Waals surface area contributed by atoms with Gasteiger partial charge in [-0.15, -0.1) is 0 Å². The van der Waals surface area contributed by atoms with Crippen molar-refractivity contribution in [2.24, 2.45) is 0 Å². The molecule has 0 unspecified atom stereocenters. The predicted molar refractivity (Wildman–Crippen MR) is 80.5 cm³/mol. The second kappa shape index (κ2) is 6.67. The Hall–Kier alpha value is -1.95. The van der Waals surface area contributed by atoms with Crippen LogP contribution in [0.2, 0.25) is 0 Å². The van der Waals surface area contributed by atoms with Gasteiger partial charge >= 0.3 is 0 Å². The molecule has 0 saturated heterocycles. The van der Waals surface area contributed by atoms with Crippen LogP contribution in [0.25, 0.3) is 0 Å².